The van der Waals surface area contributed by atoms with E-state index in [1.165, 1.54) is 11.3 Å². The SMILES string of the molecule is OC1CCC(Nc2cc(CN3CCCC(F)(F)C3)cc(Nc3nc4ccc(Br)cc4s3)n2)CC1. The summed E-state index contributed by atoms with van der Waals surface area (Å²) in [7, 11) is 0. The molecule has 1 aliphatic carbocycles. The number of likely N-dealkylation sites (tertiary alicyclic amines) is 1. The van der Waals surface area contributed by atoms with Crippen LogP contribution in [0.25, 0.3) is 10.2 Å². The molecule has 3 N–H and O–H groups in total. The van der Waals surface area contributed by atoms with Crippen LogP contribution in [0, 0.1) is 0 Å². The fraction of sp³-hybridized carbons (Fsp3) is 0.500. The van der Waals surface area contributed by atoms with Crippen molar-refractivity contribution in [2.45, 2.75) is 63.1 Å². The van der Waals surface area contributed by atoms with E-state index >= 15 is 0 Å². The van der Waals surface area contributed by atoms with E-state index in [9.17, 15) is 13.9 Å². The maximum Gasteiger partial charge on any atom is 0.260 e. The van der Waals surface area contributed by atoms with Crippen LogP contribution in [-0.2, 0) is 6.54 Å². The summed E-state index contributed by atoms with van der Waals surface area (Å²) in [4.78, 5) is 11.2. The topological polar surface area (TPSA) is 73.3 Å². The van der Waals surface area contributed by atoms with Gasteiger partial charge in [-0.15, -0.1) is 0 Å². The van der Waals surface area contributed by atoms with Gasteiger partial charge >= 0.3 is 0 Å². The molecular formula is C24H28BrF2N5OS. The molecule has 1 saturated carbocycles. The van der Waals surface area contributed by atoms with Crippen LogP contribution in [0.2, 0.25) is 0 Å². The van der Waals surface area contributed by atoms with Crippen LogP contribution in [-0.4, -0.2) is 51.1 Å². The largest absolute Gasteiger partial charge is 0.393 e. The first kappa shape index (κ1) is 23.8. The van der Waals surface area contributed by atoms with Gasteiger partial charge in [0.25, 0.3) is 5.92 Å². The number of rotatable bonds is 6. The highest BCUT2D eigenvalue weighted by Gasteiger charge is 2.35. The highest BCUT2D eigenvalue weighted by Crippen LogP contribution is 2.32. The number of thiazole rings is 1. The molecule has 2 aliphatic rings. The van der Waals surface area contributed by atoms with Crippen molar-refractivity contribution in [1.82, 2.24) is 14.9 Å². The number of nitrogens with one attached hydrogen (secondary N) is 2. The summed E-state index contributed by atoms with van der Waals surface area (Å²) in [6, 6.07) is 10.1. The summed E-state index contributed by atoms with van der Waals surface area (Å²) in [6.07, 6.45) is 3.52. The highest BCUT2D eigenvalue weighted by molar-refractivity contribution is 9.10. The second kappa shape index (κ2) is 10.0. The standard InChI is InChI=1S/C24H28BrF2N5OS/c25-16-2-7-19-20(12-16)34-23(29-19)31-22-11-15(13-32-9-1-8-24(26,27)14-32)10-21(30-22)28-17-3-5-18(33)6-4-17/h2,7,10-12,17-18,33H,1,3-6,8-9,13-14H2,(H2,28,29,30,31). The van der Waals surface area contributed by atoms with E-state index in [-0.39, 0.29) is 25.1 Å². The Morgan fingerprint density at radius 1 is 1.12 bits per heavy atom. The Balaban J connectivity index is 1.38. The number of hydrogen-bond acceptors (Lipinski definition) is 7. The zero-order chi connectivity index (χ0) is 23.7. The number of benzene rings is 1. The molecule has 1 saturated heterocycles. The lowest BCUT2D eigenvalue weighted by atomic mass is 9.93. The summed E-state index contributed by atoms with van der Waals surface area (Å²) < 4.78 is 30.0. The van der Waals surface area contributed by atoms with E-state index in [1.807, 2.05) is 35.2 Å². The van der Waals surface area contributed by atoms with Crippen molar-refractivity contribution < 1.29 is 13.9 Å². The number of halogens is 3. The summed E-state index contributed by atoms with van der Waals surface area (Å²) in [5, 5.41) is 17.4. The molecule has 34 heavy (non-hydrogen) atoms. The van der Waals surface area contributed by atoms with E-state index in [0.29, 0.717) is 31.1 Å². The van der Waals surface area contributed by atoms with Gasteiger partial charge in [0.1, 0.15) is 11.6 Å². The van der Waals surface area contributed by atoms with Crippen molar-refractivity contribution in [1.29, 1.82) is 0 Å². The molecule has 5 rings (SSSR count). The zero-order valence-corrected chi connectivity index (χ0v) is 21.1. The fourth-order valence-corrected chi connectivity index (χ4v) is 6.17. The molecule has 2 fully saturated rings. The molecule has 10 heteroatoms. The second-order valence-corrected chi connectivity index (χ2v) is 11.3. The van der Waals surface area contributed by atoms with E-state index in [1.54, 1.807) is 0 Å². The van der Waals surface area contributed by atoms with Gasteiger partial charge in [-0.1, -0.05) is 27.3 Å². The van der Waals surface area contributed by atoms with Crippen molar-refractivity contribution in [3.8, 4) is 0 Å². The summed E-state index contributed by atoms with van der Waals surface area (Å²) in [6.45, 7) is 0.891. The minimum atomic E-state index is -2.63. The number of hydrogen-bond donors (Lipinski definition) is 3. The predicted molar refractivity (Wildman–Crippen MR) is 136 cm³/mol. The fourth-order valence-electron chi connectivity index (χ4n) is 4.75. The lowest BCUT2D eigenvalue weighted by Gasteiger charge is -2.32. The minimum absolute atomic E-state index is 0.0410. The highest BCUT2D eigenvalue weighted by atomic mass is 79.9. The summed E-state index contributed by atoms with van der Waals surface area (Å²) >= 11 is 5.04. The molecule has 0 atom stereocenters. The van der Waals surface area contributed by atoms with Crippen LogP contribution in [0.4, 0.5) is 25.5 Å². The first-order valence-corrected chi connectivity index (χ1v) is 13.3. The van der Waals surface area contributed by atoms with Crippen LogP contribution >= 0.6 is 27.3 Å². The van der Waals surface area contributed by atoms with E-state index in [2.05, 4.69) is 31.5 Å². The number of fused-ring (bicyclic) bond motifs is 1. The molecule has 2 aromatic heterocycles. The van der Waals surface area contributed by atoms with Crippen LogP contribution in [0.15, 0.2) is 34.8 Å². The molecule has 3 aromatic rings. The number of aromatic nitrogens is 2. The molecule has 0 radical (unpaired) electrons. The number of aliphatic hydroxyl groups is 1. The summed E-state index contributed by atoms with van der Waals surface area (Å²) in [5.41, 5.74) is 1.83. The zero-order valence-electron chi connectivity index (χ0n) is 18.7. The lowest BCUT2D eigenvalue weighted by molar-refractivity contribution is -0.0661. The van der Waals surface area contributed by atoms with Crippen LogP contribution in [0.1, 0.15) is 44.1 Å². The van der Waals surface area contributed by atoms with Gasteiger partial charge < -0.3 is 15.7 Å². The second-order valence-electron chi connectivity index (χ2n) is 9.32. The Kier molecular flexibility index (Phi) is 7.02. The molecule has 0 amide bonds. The number of piperidine rings is 1. The molecule has 6 nitrogen and oxygen atoms in total. The van der Waals surface area contributed by atoms with Gasteiger partial charge in [-0.2, -0.15) is 0 Å². The van der Waals surface area contributed by atoms with E-state index in [0.717, 1.165) is 51.1 Å². The molecular weight excluding hydrogens is 524 g/mol. The first-order chi connectivity index (χ1) is 16.3. The average Bonchev–Trinajstić information content (AvgIpc) is 3.15. The van der Waals surface area contributed by atoms with Crippen LogP contribution < -0.4 is 10.6 Å². The first-order valence-electron chi connectivity index (χ1n) is 11.7. The molecule has 1 aromatic carbocycles. The van der Waals surface area contributed by atoms with Gasteiger partial charge in [0, 0.05) is 23.5 Å². The third kappa shape index (κ3) is 6.02. The number of pyridine rings is 1. The molecule has 0 unspecified atom stereocenters. The number of alkyl halides is 2. The average molecular weight is 552 g/mol. The third-order valence-electron chi connectivity index (χ3n) is 6.40. The molecule has 0 spiro atoms. The number of nitrogens with zero attached hydrogens (tertiary/aromatic N) is 3. The van der Waals surface area contributed by atoms with Crippen LogP contribution in [0.5, 0.6) is 0 Å². The van der Waals surface area contributed by atoms with Crippen molar-refractivity contribution in [2.24, 2.45) is 0 Å². The smallest absolute Gasteiger partial charge is 0.260 e. The van der Waals surface area contributed by atoms with Gasteiger partial charge in [0.05, 0.1) is 22.9 Å². The van der Waals surface area contributed by atoms with Crippen molar-refractivity contribution in [3.05, 3.63) is 40.4 Å². The van der Waals surface area contributed by atoms with Crippen molar-refractivity contribution >= 4 is 54.3 Å². The Morgan fingerprint density at radius 3 is 2.71 bits per heavy atom. The monoisotopic (exact) mass is 551 g/mol. The Labute approximate surface area is 209 Å². The Morgan fingerprint density at radius 2 is 1.91 bits per heavy atom. The van der Waals surface area contributed by atoms with Gasteiger partial charge in [0.2, 0.25) is 0 Å². The summed E-state index contributed by atoms with van der Waals surface area (Å²) in [5.74, 6) is -1.28. The molecule has 3 heterocycles. The Hall–Kier alpha value is -1.88. The van der Waals surface area contributed by atoms with Crippen molar-refractivity contribution in [3.63, 3.8) is 0 Å². The normalized spacial score (nSPS) is 23.2. The molecule has 182 valence electrons. The number of aliphatic hydroxyl groups excluding tert-OH is 1. The van der Waals surface area contributed by atoms with Crippen LogP contribution in [0.3, 0.4) is 0 Å². The Bertz CT molecular complexity index is 1150. The maximum absolute atomic E-state index is 14.0. The van der Waals surface area contributed by atoms with E-state index < -0.39 is 5.92 Å². The lowest BCUT2D eigenvalue weighted by Crippen LogP contribution is -2.42. The molecule has 1 aliphatic heterocycles. The van der Waals surface area contributed by atoms with Crippen molar-refractivity contribution in [2.75, 3.05) is 23.7 Å². The quantitative estimate of drug-likeness (QED) is 0.341. The van der Waals surface area contributed by atoms with Gasteiger partial charge in [-0.25, -0.2) is 18.7 Å². The predicted octanol–water partition coefficient (Wildman–Crippen LogP) is 6.14. The van der Waals surface area contributed by atoms with Gasteiger partial charge in [0.15, 0.2) is 5.13 Å². The third-order valence-corrected chi connectivity index (χ3v) is 7.82. The maximum atomic E-state index is 14.0. The minimum Gasteiger partial charge on any atom is -0.393 e. The van der Waals surface area contributed by atoms with Gasteiger partial charge in [-0.3, -0.25) is 4.90 Å². The number of anilines is 3. The van der Waals surface area contributed by atoms with E-state index in [4.69, 9.17) is 4.98 Å². The molecule has 0 bridgehead atoms. The van der Waals surface area contributed by atoms with Gasteiger partial charge in [-0.05, 0) is 74.5 Å².